The third-order valence-electron chi connectivity index (χ3n) is 9.96. The van der Waals surface area contributed by atoms with Crippen molar-refractivity contribution >= 4 is 32.7 Å². The Kier molecular flexibility index (Phi) is 7.43. The molecule has 0 fully saturated rings. The van der Waals surface area contributed by atoms with Crippen molar-refractivity contribution in [3.8, 4) is 67.5 Å². The Morgan fingerprint density at radius 1 is 0.264 bits per heavy atom. The van der Waals surface area contributed by atoms with E-state index in [1.54, 1.807) is 0 Å². The summed E-state index contributed by atoms with van der Waals surface area (Å²) in [6.45, 7) is 0. The predicted molar refractivity (Wildman–Crippen MR) is 217 cm³/mol. The third kappa shape index (κ3) is 5.45. The van der Waals surface area contributed by atoms with Crippen LogP contribution in [0.2, 0.25) is 0 Å². The number of fused-ring (bicyclic) bond motifs is 5. The summed E-state index contributed by atoms with van der Waals surface area (Å²) in [4.78, 5) is 14.7. The summed E-state index contributed by atoms with van der Waals surface area (Å²) in [6.07, 6.45) is 0. The van der Waals surface area contributed by atoms with Gasteiger partial charge in [0.25, 0.3) is 0 Å². The molecule has 2 heterocycles. The quantitative estimate of drug-likeness (QED) is 0.176. The predicted octanol–water partition coefficient (Wildman–Crippen LogP) is 12.9. The first kappa shape index (κ1) is 30.6. The molecule has 0 atom stereocenters. The number of furan rings is 1. The van der Waals surface area contributed by atoms with Crippen LogP contribution in [0.5, 0.6) is 0 Å². The lowest BCUT2D eigenvalue weighted by Crippen LogP contribution is -2.00. The van der Waals surface area contributed by atoms with Gasteiger partial charge in [0.2, 0.25) is 0 Å². The molecule has 4 heteroatoms. The number of nitrogens with zero attached hydrogens (tertiary/aromatic N) is 3. The Labute approximate surface area is 306 Å². The van der Waals surface area contributed by atoms with Crippen LogP contribution in [-0.2, 0) is 0 Å². The van der Waals surface area contributed by atoms with Gasteiger partial charge in [-0.15, -0.1) is 0 Å². The van der Waals surface area contributed by atoms with Crippen LogP contribution in [0.15, 0.2) is 192 Å². The van der Waals surface area contributed by atoms with E-state index in [1.165, 1.54) is 11.1 Å². The number of para-hydroxylation sites is 1. The molecule has 0 saturated carbocycles. The van der Waals surface area contributed by atoms with Gasteiger partial charge < -0.3 is 4.42 Å². The van der Waals surface area contributed by atoms with Crippen LogP contribution in [0.4, 0.5) is 0 Å². The molecule has 0 aliphatic rings. The minimum Gasteiger partial charge on any atom is -0.455 e. The van der Waals surface area contributed by atoms with Gasteiger partial charge in [0.1, 0.15) is 11.2 Å². The summed E-state index contributed by atoms with van der Waals surface area (Å²) in [5.74, 6) is 1.92. The Balaban J connectivity index is 1.11. The molecule has 53 heavy (non-hydrogen) atoms. The first-order valence-electron chi connectivity index (χ1n) is 17.8. The van der Waals surface area contributed by atoms with Crippen molar-refractivity contribution in [2.75, 3.05) is 0 Å². The minimum absolute atomic E-state index is 0.633. The highest BCUT2D eigenvalue weighted by molar-refractivity contribution is 6.21. The summed E-state index contributed by atoms with van der Waals surface area (Å²) in [6, 6.07) is 65.1. The van der Waals surface area contributed by atoms with E-state index >= 15 is 0 Å². The molecular formula is C49H31N3O. The highest BCUT2D eigenvalue weighted by Gasteiger charge is 2.19. The maximum Gasteiger partial charge on any atom is 0.164 e. The number of hydrogen-bond donors (Lipinski definition) is 0. The van der Waals surface area contributed by atoms with Crippen LogP contribution in [0.3, 0.4) is 0 Å². The van der Waals surface area contributed by atoms with E-state index in [2.05, 4.69) is 127 Å². The van der Waals surface area contributed by atoms with E-state index < -0.39 is 0 Å². The van der Waals surface area contributed by atoms with E-state index in [0.29, 0.717) is 17.5 Å². The van der Waals surface area contributed by atoms with Gasteiger partial charge in [-0.05, 0) is 39.3 Å². The molecule has 0 radical (unpaired) electrons. The molecule has 4 nitrogen and oxygen atoms in total. The summed E-state index contributed by atoms with van der Waals surface area (Å²) in [5, 5.41) is 4.40. The zero-order valence-corrected chi connectivity index (χ0v) is 28.6. The summed E-state index contributed by atoms with van der Waals surface area (Å²) >= 11 is 0. The van der Waals surface area contributed by atoms with Gasteiger partial charge >= 0.3 is 0 Å². The first-order valence-corrected chi connectivity index (χ1v) is 17.8. The molecule has 248 valence electrons. The average molecular weight is 678 g/mol. The topological polar surface area (TPSA) is 51.8 Å². The second-order valence-electron chi connectivity index (χ2n) is 13.2. The summed E-state index contributed by atoms with van der Waals surface area (Å²) in [7, 11) is 0. The zero-order valence-electron chi connectivity index (χ0n) is 28.6. The average Bonchev–Trinajstić information content (AvgIpc) is 3.63. The monoisotopic (exact) mass is 677 g/mol. The Morgan fingerprint density at radius 2 is 0.679 bits per heavy atom. The molecule has 0 spiro atoms. The fourth-order valence-electron chi connectivity index (χ4n) is 7.39. The van der Waals surface area contributed by atoms with Crippen LogP contribution < -0.4 is 0 Å². The van der Waals surface area contributed by atoms with Crippen LogP contribution in [0.25, 0.3) is 100 Å². The van der Waals surface area contributed by atoms with Crippen molar-refractivity contribution in [2.24, 2.45) is 0 Å². The maximum atomic E-state index is 6.88. The summed E-state index contributed by atoms with van der Waals surface area (Å²) < 4.78 is 6.88. The normalized spacial score (nSPS) is 11.4. The van der Waals surface area contributed by atoms with E-state index in [-0.39, 0.29) is 0 Å². The minimum atomic E-state index is 0.633. The van der Waals surface area contributed by atoms with Gasteiger partial charge in [-0.2, -0.15) is 0 Å². The smallest absolute Gasteiger partial charge is 0.164 e. The third-order valence-corrected chi connectivity index (χ3v) is 9.96. The van der Waals surface area contributed by atoms with E-state index in [4.69, 9.17) is 19.4 Å². The Morgan fingerprint density at radius 3 is 1.30 bits per heavy atom. The van der Waals surface area contributed by atoms with E-state index in [1.807, 2.05) is 60.7 Å². The van der Waals surface area contributed by atoms with E-state index in [9.17, 15) is 0 Å². The zero-order chi connectivity index (χ0) is 35.1. The number of hydrogen-bond acceptors (Lipinski definition) is 4. The number of benzene rings is 8. The molecule has 8 aromatic carbocycles. The second kappa shape index (κ2) is 12.9. The highest BCUT2D eigenvalue weighted by Crippen LogP contribution is 2.44. The van der Waals surface area contributed by atoms with Gasteiger partial charge in [-0.1, -0.05) is 182 Å². The molecule has 0 saturated heterocycles. The largest absolute Gasteiger partial charge is 0.455 e. The maximum absolute atomic E-state index is 6.88. The molecule has 10 rings (SSSR count). The van der Waals surface area contributed by atoms with Crippen molar-refractivity contribution in [1.82, 2.24) is 15.0 Å². The van der Waals surface area contributed by atoms with Gasteiger partial charge in [0, 0.05) is 38.4 Å². The van der Waals surface area contributed by atoms with Crippen molar-refractivity contribution in [3.05, 3.63) is 188 Å². The van der Waals surface area contributed by atoms with Crippen LogP contribution in [0.1, 0.15) is 0 Å². The molecule has 10 aromatic rings. The Hall–Kier alpha value is -7.17. The summed E-state index contributed by atoms with van der Waals surface area (Å²) in [5.41, 5.74) is 11.4. The molecule has 0 unspecified atom stereocenters. The first-order chi connectivity index (χ1) is 26.3. The molecule has 0 bridgehead atoms. The SMILES string of the molecule is c1ccc(-c2nc(-c3ccccc3)nc(-c3ccc(-c4cc5c6cccc(-c7ccccc7-c7ccccc7)c6oc5c5ccccc45)cc3)n2)cc1. The van der Waals surface area contributed by atoms with Crippen LogP contribution in [-0.4, -0.2) is 15.0 Å². The van der Waals surface area contributed by atoms with Crippen LogP contribution >= 0.6 is 0 Å². The molecule has 0 N–H and O–H groups in total. The van der Waals surface area contributed by atoms with Gasteiger partial charge in [0.15, 0.2) is 17.5 Å². The van der Waals surface area contributed by atoms with Gasteiger partial charge in [-0.25, -0.2) is 15.0 Å². The highest BCUT2D eigenvalue weighted by atomic mass is 16.3. The van der Waals surface area contributed by atoms with Crippen molar-refractivity contribution in [2.45, 2.75) is 0 Å². The number of rotatable bonds is 6. The lowest BCUT2D eigenvalue weighted by molar-refractivity contribution is 0.674. The van der Waals surface area contributed by atoms with Gasteiger partial charge in [0.05, 0.1) is 0 Å². The lowest BCUT2D eigenvalue weighted by Gasteiger charge is -2.11. The fourth-order valence-corrected chi connectivity index (χ4v) is 7.39. The van der Waals surface area contributed by atoms with Crippen molar-refractivity contribution in [1.29, 1.82) is 0 Å². The van der Waals surface area contributed by atoms with Crippen molar-refractivity contribution < 1.29 is 4.42 Å². The van der Waals surface area contributed by atoms with Crippen molar-refractivity contribution in [3.63, 3.8) is 0 Å². The second-order valence-corrected chi connectivity index (χ2v) is 13.2. The standard InChI is InChI=1S/C49H31N3O/c1-4-15-32(16-5-1)37-21-10-11-22-38(37)41-25-14-26-42-44-31-43(39-23-12-13-24-40(39)46(44)53-45(41)42)33-27-29-36(30-28-33)49-51-47(34-17-6-2-7-18-34)50-48(52-49)35-19-8-3-9-20-35/h1-31H. The molecular weight excluding hydrogens is 647 g/mol. The molecule has 0 amide bonds. The van der Waals surface area contributed by atoms with Crippen LogP contribution in [0, 0.1) is 0 Å². The fraction of sp³-hybridized carbons (Fsp3) is 0. The number of aromatic nitrogens is 3. The Bertz CT molecular complexity index is 2860. The lowest BCUT2D eigenvalue weighted by atomic mass is 9.92. The molecule has 2 aromatic heterocycles. The molecule has 0 aliphatic heterocycles. The molecule has 0 aliphatic carbocycles. The van der Waals surface area contributed by atoms with E-state index in [0.717, 1.165) is 71.7 Å². The van der Waals surface area contributed by atoms with Gasteiger partial charge in [-0.3, -0.25) is 0 Å².